The molecule has 0 unspecified atom stereocenters. The van der Waals surface area contributed by atoms with Crippen molar-refractivity contribution < 1.29 is 10.0 Å². The van der Waals surface area contributed by atoms with Crippen LogP contribution in [0.4, 0.5) is 0 Å². The van der Waals surface area contributed by atoms with Crippen LogP contribution in [0.1, 0.15) is 158 Å². The highest BCUT2D eigenvalue weighted by Gasteiger charge is 2.36. The van der Waals surface area contributed by atoms with Crippen LogP contribution in [0.3, 0.4) is 0 Å². The molecule has 0 amide bonds. The fourth-order valence-electron chi connectivity index (χ4n) is 5.87. The highest BCUT2D eigenvalue weighted by Crippen LogP contribution is 2.35. The number of rotatable bonds is 7. The first-order valence-electron chi connectivity index (χ1n) is 16.7. The zero-order valence-electron chi connectivity index (χ0n) is 31.8. The van der Waals surface area contributed by atoms with Gasteiger partial charge in [0.1, 0.15) is 0 Å². The van der Waals surface area contributed by atoms with Crippen molar-refractivity contribution in [2.45, 2.75) is 157 Å². The molecule has 0 aliphatic carbocycles. The first kappa shape index (κ1) is 38.6. The second kappa shape index (κ2) is 12.9. The molecule has 0 fully saturated rings. The molecule has 0 saturated heterocycles. The molecule has 246 valence electrons. The summed E-state index contributed by atoms with van der Waals surface area (Å²) in [6.07, 6.45) is 0. The van der Waals surface area contributed by atoms with E-state index in [9.17, 15) is 10.0 Å². The average molecular weight is 605 g/mol. The van der Waals surface area contributed by atoms with E-state index in [2.05, 4.69) is 159 Å². The normalized spacial score (nSPS) is 13.8. The summed E-state index contributed by atoms with van der Waals surface area (Å²) in [6, 6.07) is 9.17. The molecule has 4 nitrogen and oxygen atoms in total. The van der Waals surface area contributed by atoms with Crippen LogP contribution < -0.4 is 21.4 Å². The number of benzene rings is 2. The summed E-state index contributed by atoms with van der Waals surface area (Å²) < 4.78 is 0. The van der Waals surface area contributed by atoms with Gasteiger partial charge in [-0.25, -0.2) is 0 Å². The van der Waals surface area contributed by atoms with Crippen LogP contribution in [-0.2, 0) is 32.5 Å². The summed E-state index contributed by atoms with van der Waals surface area (Å²) in [5.41, 5.74) is 8.65. The number of hydrogen-bond donors (Lipinski definition) is 4. The van der Waals surface area contributed by atoms with Crippen LogP contribution in [0.15, 0.2) is 24.3 Å². The maximum atomic E-state index is 11.7. The van der Waals surface area contributed by atoms with Crippen LogP contribution in [0, 0.1) is 0 Å². The van der Waals surface area contributed by atoms with Crippen molar-refractivity contribution in [3.05, 3.63) is 57.6 Å². The van der Waals surface area contributed by atoms with Gasteiger partial charge in [-0.2, -0.15) is 0 Å². The summed E-state index contributed by atoms with van der Waals surface area (Å²) in [4.78, 5) is 0. The molecule has 0 aliphatic rings. The molecular weight excluding hydrogens is 538 g/mol. The zero-order valence-corrected chi connectivity index (χ0v) is 31.8. The van der Waals surface area contributed by atoms with E-state index in [1.165, 1.54) is 33.4 Å². The van der Waals surface area contributed by atoms with Gasteiger partial charge in [0.25, 0.3) is 0 Å². The lowest BCUT2D eigenvalue weighted by Gasteiger charge is -2.35. The van der Waals surface area contributed by atoms with Crippen LogP contribution in [0.25, 0.3) is 0 Å². The summed E-state index contributed by atoms with van der Waals surface area (Å²) in [5.74, 6) is 0. The first-order valence-corrected chi connectivity index (χ1v) is 16.7. The second-order valence-electron chi connectivity index (χ2n) is 19.2. The Morgan fingerprint density at radius 2 is 0.614 bits per heavy atom. The topological polar surface area (TPSA) is 64.5 Å². The Bertz CT molecular complexity index is 1120. The van der Waals surface area contributed by atoms with Gasteiger partial charge in [0.05, 0.1) is 0 Å². The Balaban J connectivity index is 2.44. The van der Waals surface area contributed by atoms with Gasteiger partial charge >= 0.3 is 14.1 Å². The van der Waals surface area contributed by atoms with Gasteiger partial charge in [0.2, 0.25) is 0 Å². The van der Waals surface area contributed by atoms with Crippen molar-refractivity contribution in [3.63, 3.8) is 0 Å². The average Bonchev–Trinajstić information content (AvgIpc) is 2.81. The minimum Gasteiger partial charge on any atom is -0.433 e. The number of hydrogen-bond acceptors (Lipinski definition) is 4. The Morgan fingerprint density at radius 1 is 0.409 bits per heavy atom. The molecule has 0 spiro atoms. The molecule has 0 atom stereocenters. The molecule has 44 heavy (non-hydrogen) atoms. The minimum absolute atomic E-state index is 0.000129. The van der Waals surface area contributed by atoms with Gasteiger partial charge in [0, 0.05) is 0 Å². The maximum absolute atomic E-state index is 11.7. The standard InChI is InChI=1S/C38H66B2N2O2/c1-33(2,3)25-21-27(35(7,8)9)31(28(22-25)36(10,11)12)39(43)41-19-20-42-40(44)32-29(37(13,14)15)23-26(34(4,5)6)24-30(32)38(16,17)18/h21-24,41-44H,19-20H2,1-18H3. The Hall–Kier alpha value is -1.59. The molecule has 2 aromatic rings. The van der Waals surface area contributed by atoms with Crippen LogP contribution in [0.2, 0.25) is 0 Å². The third kappa shape index (κ3) is 9.47. The van der Waals surface area contributed by atoms with Crippen molar-refractivity contribution in [1.29, 1.82) is 0 Å². The molecule has 0 bridgehead atoms. The molecule has 2 rings (SSSR count). The second-order valence-corrected chi connectivity index (χ2v) is 19.2. The molecule has 4 N–H and O–H groups in total. The van der Waals surface area contributed by atoms with E-state index in [1.54, 1.807) is 0 Å². The highest BCUT2D eigenvalue weighted by molar-refractivity contribution is 6.65. The van der Waals surface area contributed by atoms with Crippen molar-refractivity contribution in [3.8, 4) is 0 Å². The van der Waals surface area contributed by atoms with E-state index in [0.29, 0.717) is 13.1 Å². The van der Waals surface area contributed by atoms with Gasteiger partial charge in [-0.15, -0.1) is 0 Å². The third-order valence-electron chi connectivity index (χ3n) is 8.67. The molecule has 0 aromatic heterocycles. The molecule has 2 aromatic carbocycles. The van der Waals surface area contributed by atoms with Crippen molar-refractivity contribution in [2.75, 3.05) is 13.1 Å². The predicted octanol–water partition coefficient (Wildman–Crippen LogP) is 6.73. The van der Waals surface area contributed by atoms with E-state index in [0.717, 1.165) is 10.9 Å². The van der Waals surface area contributed by atoms with Crippen molar-refractivity contribution in [2.24, 2.45) is 0 Å². The number of nitrogens with one attached hydrogen (secondary N) is 2. The lowest BCUT2D eigenvalue weighted by molar-refractivity contribution is 0.528. The van der Waals surface area contributed by atoms with E-state index < -0.39 is 14.1 Å². The maximum Gasteiger partial charge on any atom is 0.413 e. The third-order valence-corrected chi connectivity index (χ3v) is 8.67. The molecule has 0 saturated carbocycles. The Morgan fingerprint density at radius 3 is 0.773 bits per heavy atom. The lowest BCUT2D eigenvalue weighted by Crippen LogP contribution is -2.56. The smallest absolute Gasteiger partial charge is 0.413 e. The van der Waals surface area contributed by atoms with Crippen LogP contribution >= 0.6 is 0 Å². The fraction of sp³-hybridized carbons (Fsp3) is 0.684. The predicted molar refractivity (Wildman–Crippen MR) is 196 cm³/mol. The van der Waals surface area contributed by atoms with Gasteiger partial charge < -0.3 is 20.5 Å². The minimum atomic E-state index is -0.826. The van der Waals surface area contributed by atoms with E-state index in [-0.39, 0.29) is 32.5 Å². The van der Waals surface area contributed by atoms with Gasteiger partial charge in [-0.05, 0) is 89.9 Å². The van der Waals surface area contributed by atoms with E-state index >= 15 is 0 Å². The SMILES string of the molecule is CC(C)(C)c1cc(C(C)(C)C)c(B(O)NCCNB(O)c2c(C(C)(C)C)cc(C(C)(C)C)cc2C(C)(C)C)c(C(C)(C)C)c1. The van der Waals surface area contributed by atoms with Gasteiger partial charge in [0.15, 0.2) is 0 Å². The van der Waals surface area contributed by atoms with Crippen LogP contribution in [-0.4, -0.2) is 37.2 Å². The molecule has 0 aliphatic heterocycles. The summed E-state index contributed by atoms with van der Waals surface area (Å²) >= 11 is 0. The summed E-state index contributed by atoms with van der Waals surface area (Å²) in [5, 5.41) is 30.2. The van der Waals surface area contributed by atoms with Gasteiger partial charge in [-0.3, -0.25) is 0 Å². The van der Waals surface area contributed by atoms with E-state index in [1.807, 2.05) is 0 Å². The largest absolute Gasteiger partial charge is 0.433 e. The lowest BCUT2D eigenvalue weighted by atomic mass is 9.59. The molecule has 0 radical (unpaired) electrons. The van der Waals surface area contributed by atoms with Gasteiger partial charge in [-0.1, -0.05) is 149 Å². The van der Waals surface area contributed by atoms with Crippen molar-refractivity contribution >= 4 is 25.0 Å². The van der Waals surface area contributed by atoms with Crippen molar-refractivity contribution in [1.82, 2.24) is 10.5 Å². The Kier molecular flexibility index (Phi) is 11.3. The summed E-state index contributed by atoms with van der Waals surface area (Å²) in [6.45, 7) is 41.2. The molecule has 6 heteroatoms. The van der Waals surface area contributed by atoms with Crippen LogP contribution in [0.5, 0.6) is 0 Å². The molecule has 0 heterocycles. The monoisotopic (exact) mass is 605 g/mol. The fourth-order valence-corrected chi connectivity index (χ4v) is 5.87. The first-order chi connectivity index (χ1) is 19.5. The summed E-state index contributed by atoms with van der Waals surface area (Å²) in [7, 11) is -1.65. The zero-order chi connectivity index (χ0) is 34.4. The quantitative estimate of drug-likeness (QED) is 0.209. The highest BCUT2D eigenvalue weighted by atomic mass is 16.2. The molecular formula is C38H66B2N2O2. The Labute approximate surface area is 272 Å². The van der Waals surface area contributed by atoms with E-state index in [4.69, 9.17) is 0 Å².